The molecule has 2 aromatic rings. The second kappa shape index (κ2) is 6.38. The molecule has 1 heterocycles. The van der Waals surface area contributed by atoms with Gasteiger partial charge >= 0.3 is 0 Å². The highest BCUT2D eigenvalue weighted by Gasteiger charge is 2.22. The second-order valence-corrected chi connectivity index (χ2v) is 4.30. The van der Waals surface area contributed by atoms with Crippen LogP contribution >= 0.6 is 0 Å². The van der Waals surface area contributed by atoms with Crippen LogP contribution in [0, 0.1) is 5.82 Å². The first-order valence-corrected chi connectivity index (χ1v) is 6.35. The summed E-state index contributed by atoms with van der Waals surface area (Å²) in [6.45, 7) is 2.85. The van der Waals surface area contributed by atoms with Crippen LogP contribution in [0.15, 0.2) is 41.2 Å². The molecule has 3 nitrogen and oxygen atoms in total. The van der Waals surface area contributed by atoms with Crippen LogP contribution in [-0.2, 0) is 0 Å². The van der Waals surface area contributed by atoms with Gasteiger partial charge < -0.3 is 14.5 Å². The minimum Gasteiger partial charge on any atom is -0.496 e. The zero-order valence-electron chi connectivity index (χ0n) is 11.2. The normalized spacial score (nSPS) is 12.4. The van der Waals surface area contributed by atoms with E-state index < -0.39 is 0 Å². The van der Waals surface area contributed by atoms with Crippen LogP contribution in [0.1, 0.15) is 30.5 Å². The average Bonchev–Trinajstić information content (AvgIpc) is 2.94. The van der Waals surface area contributed by atoms with E-state index in [2.05, 4.69) is 12.2 Å². The van der Waals surface area contributed by atoms with E-state index in [0.29, 0.717) is 11.3 Å². The molecule has 0 aliphatic carbocycles. The van der Waals surface area contributed by atoms with Gasteiger partial charge in [-0.25, -0.2) is 4.39 Å². The first-order valence-electron chi connectivity index (χ1n) is 6.35. The van der Waals surface area contributed by atoms with Crippen molar-refractivity contribution >= 4 is 0 Å². The van der Waals surface area contributed by atoms with Gasteiger partial charge in [0.25, 0.3) is 0 Å². The Morgan fingerprint density at radius 1 is 1.37 bits per heavy atom. The van der Waals surface area contributed by atoms with Crippen LogP contribution in [-0.4, -0.2) is 13.7 Å². The van der Waals surface area contributed by atoms with E-state index in [-0.39, 0.29) is 11.9 Å². The van der Waals surface area contributed by atoms with Crippen LogP contribution in [0.2, 0.25) is 0 Å². The Hall–Kier alpha value is -1.81. The molecule has 0 saturated carbocycles. The van der Waals surface area contributed by atoms with Crippen LogP contribution < -0.4 is 10.1 Å². The summed E-state index contributed by atoms with van der Waals surface area (Å²) in [5, 5.41) is 3.32. The number of benzene rings is 1. The van der Waals surface area contributed by atoms with E-state index in [1.54, 1.807) is 31.8 Å². The molecule has 4 heteroatoms. The van der Waals surface area contributed by atoms with Crippen LogP contribution in [0.3, 0.4) is 0 Å². The fourth-order valence-electron chi connectivity index (χ4n) is 2.09. The molecule has 1 aromatic heterocycles. The Morgan fingerprint density at radius 3 is 2.84 bits per heavy atom. The van der Waals surface area contributed by atoms with Crippen molar-refractivity contribution < 1.29 is 13.5 Å². The van der Waals surface area contributed by atoms with E-state index in [4.69, 9.17) is 9.15 Å². The number of hydrogen-bond donors (Lipinski definition) is 1. The number of furan rings is 1. The molecule has 0 bridgehead atoms. The highest BCUT2D eigenvalue weighted by Crippen LogP contribution is 2.32. The molecule has 1 unspecified atom stereocenters. The Kier molecular flexibility index (Phi) is 4.58. The third kappa shape index (κ3) is 2.96. The summed E-state index contributed by atoms with van der Waals surface area (Å²) < 4.78 is 24.5. The van der Waals surface area contributed by atoms with E-state index >= 15 is 0 Å². The third-order valence-electron chi connectivity index (χ3n) is 3.00. The van der Waals surface area contributed by atoms with Crippen LogP contribution in [0.4, 0.5) is 4.39 Å². The fraction of sp³-hybridized carbons (Fsp3) is 0.333. The van der Waals surface area contributed by atoms with Crippen molar-refractivity contribution in [2.24, 2.45) is 0 Å². The van der Waals surface area contributed by atoms with Gasteiger partial charge in [0.05, 0.1) is 31.2 Å². The molecule has 0 spiro atoms. The third-order valence-corrected chi connectivity index (χ3v) is 3.00. The SMILES string of the molecule is CCCNC(c1ccoc1)c1c(F)cccc1OC. The maximum atomic E-state index is 14.2. The highest BCUT2D eigenvalue weighted by molar-refractivity contribution is 5.41. The van der Waals surface area contributed by atoms with Crippen LogP contribution in [0.25, 0.3) is 0 Å². The van der Waals surface area contributed by atoms with Crippen molar-refractivity contribution in [3.63, 3.8) is 0 Å². The highest BCUT2D eigenvalue weighted by atomic mass is 19.1. The second-order valence-electron chi connectivity index (χ2n) is 4.30. The van der Waals surface area contributed by atoms with Crippen molar-refractivity contribution in [3.05, 3.63) is 53.7 Å². The lowest BCUT2D eigenvalue weighted by Crippen LogP contribution is -2.24. The van der Waals surface area contributed by atoms with Gasteiger partial charge in [-0.15, -0.1) is 0 Å². The zero-order chi connectivity index (χ0) is 13.7. The molecule has 1 atom stereocenters. The summed E-state index contributed by atoms with van der Waals surface area (Å²) in [7, 11) is 1.55. The maximum Gasteiger partial charge on any atom is 0.132 e. The van der Waals surface area contributed by atoms with Crippen molar-refractivity contribution in [2.45, 2.75) is 19.4 Å². The van der Waals surface area contributed by atoms with Crippen molar-refractivity contribution in [2.75, 3.05) is 13.7 Å². The molecule has 0 aliphatic heterocycles. The van der Waals surface area contributed by atoms with E-state index in [1.807, 2.05) is 6.07 Å². The lowest BCUT2D eigenvalue weighted by atomic mass is 9.99. The first-order chi connectivity index (χ1) is 9.27. The number of methoxy groups -OCH3 is 1. The summed E-state index contributed by atoms with van der Waals surface area (Å²) in [4.78, 5) is 0. The summed E-state index contributed by atoms with van der Waals surface area (Å²) in [5.74, 6) is 0.254. The largest absolute Gasteiger partial charge is 0.496 e. The predicted octanol–water partition coefficient (Wildman–Crippen LogP) is 3.52. The summed E-state index contributed by atoms with van der Waals surface area (Å²) in [6, 6.07) is 6.41. The van der Waals surface area contributed by atoms with Gasteiger partial charge in [-0.05, 0) is 31.2 Å². The molecule has 0 saturated heterocycles. The van der Waals surface area contributed by atoms with Gasteiger partial charge in [0.2, 0.25) is 0 Å². The zero-order valence-corrected chi connectivity index (χ0v) is 11.2. The Morgan fingerprint density at radius 2 is 2.21 bits per heavy atom. The molecule has 2 rings (SSSR count). The first kappa shape index (κ1) is 13.6. The Labute approximate surface area is 112 Å². The molecule has 19 heavy (non-hydrogen) atoms. The molecule has 1 N–H and O–H groups in total. The Bertz CT molecular complexity index is 511. The molecular weight excluding hydrogens is 245 g/mol. The monoisotopic (exact) mass is 263 g/mol. The van der Waals surface area contributed by atoms with Gasteiger partial charge in [-0.1, -0.05) is 13.0 Å². The lowest BCUT2D eigenvalue weighted by Gasteiger charge is -2.20. The fourth-order valence-corrected chi connectivity index (χ4v) is 2.09. The standard InChI is InChI=1S/C15H18FNO2/c1-3-8-17-15(11-7-9-19-10-11)14-12(16)5-4-6-13(14)18-2/h4-7,9-10,15,17H,3,8H2,1-2H3. The maximum absolute atomic E-state index is 14.2. The number of hydrogen-bond acceptors (Lipinski definition) is 3. The van der Waals surface area contributed by atoms with E-state index in [9.17, 15) is 4.39 Å². The summed E-state index contributed by atoms with van der Waals surface area (Å²) in [5.41, 5.74) is 1.40. The minimum absolute atomic E-state index is 0.269. The average molecular weight is 263 g/mol. The van der Waals surface area contributed by atoms with Crippen LogP contribution in [0.5, 0.6) is 5.75 Å². The van der Waals surface area contributed by atoms with Gasteiger partial charge in [-0.2, -0.15) is 0 Å². The van der Waals surface area contributed by atoms with E-state index in [0.717, 1.165) is 18.5 Å². The minimum atomic E-state index is -0.283. The number of ether oxygens (including phenoxy) is 1. The molecular formula is C15H18FNO2. The quantitative estimate of drug-likeness (QED) is 0.866. The van der Waals surface area contributed by atoms with Gasteiger partial charge in [-0.3, -0.25) is 0 Å². The molecule has 0 amide bonds. The lowest BCUT2D eigenvalue weighted by molar-refractivity contribution is 0.396. The molecule has 102 valence electrons. The topological polar surface area (TPSA) is 34.4 Å². The van der Waals surface area contributed by atoms with E-state index in [1.165, 1.54) is 6.07 Å². The van der Waals surface area contributed by atoms with Crippen molar-refractivity contribution in [1.82, 2.24) is 5.32 Å². The van der Waals surface area contributed by atoms with Crippen molar-refractivity contribution in [1.29, 1.82) is 0 Å². The molecule has 0 radical (unpaired) electrons. The molecule has 0 aliphatic rings. The van der Waals surface area contributed by atoms with Gasteiger partial charge in [0.1, 0.15) is 11.6 Å². The summed E-state index contributed by atoms with van der Waals surface area (Å²) in [6.07, 6.45) is 4.17. The number of rotatable bonds is 6. The van der Waals surface area contributed by atoms with Crippen molar-refractivity contribution in [3.8, 4) is 5.75 Å². The predicted molar refractivity (Wildman–Crippen MR) is 71.8 cm³/mol. The molecule has 1 aromatic carbocycles. The Balaban J connectivity index is 2.43. The summed E-state index contributed by atoms with van der Waals surface area (Å²) >= 11 is 0. The molecule has 0 fully saturated rings. The van der Waals surface area contributed by atoms with Gasteiger partial charge in [0.15, 0.2) is 0 Å². The van der Waals surface area contributed by atoms with Gasteiger partial charge in [0, 0.05) is 5.56 Å². The number of nitrogens with one attached hydrogen (secondary N) is 1. The number of halogens is 1. The smallest absolute Gasteiger partial charge is 0.132 e.